The molecule has 0 aliphatic rings. The average molecular weight is 286 g/mol. The number of hydrogen-bond acceptors (Lipinski definition) is 4. The van der Waals surface area contributed by atoms with Crippen molar-refractivity contribution in [2.24, 2.45) is 0 Å². The van der Waals surface area contributed by atoms with Crippen LogP contribution in [-0.2, 0) is 0 Å². The molecule has 3 N–H and O–H groups in total. The molecule has 0 aliphatic carbocycles. The summed E-state index contributed by atoms with van der Waals surface area (Å²) in [5.41, 5.74) is 6.43. The highest BCUT2D eigenvalue weighted by Gasteiger charge is 2.14. The first kappa shape index (κ1) is 15.3. The zero-order chi connectivity index (χ0) is 15.4. The lowest BCUT2D eigenvalue weighted by atomic mass is 10.1. The second kappa shape index (κ2) is 6.54. The molecule has 2 aromatic rings. The molecule has 0 spiro atoms. The van der Waals surface area contributed by atoms with Gasteiger partial charge in [-0.25, -0.2) is 4.98 Å². The summed E-state index contributed by atoms with van der Waals surface area (Å²) in [6, 6.07) is 7.67. The molecule has 0 saturated heterocycles. The molecule has 112 valence electrons. The minimum absolute atomic E-state index is 0.107. The van der Waals surface area contributed by atoms with Crippen LogP contribution in [0.25, 0.3) is 10.8 Å². The maximum Gasteiger partial charge on any atom is 0.253 e. The van der Waals surface area contributed by atoms with Crippen molar-refractivity contribution in [1.29, 1.82) is 0 Å². The Bertz CT molecular complexity index is 639. The predicted molar refractivity (Wildman–Crippen MR) is 86.3 cm³/mol. The highest BCUT2D eigenvalue weighted by Crippen LogP contribution is 2.22. The fourth-order valence-electron chi connectivity index (χ4n) is 2.22. The Balaban J connectivity index is 2.18. The third-order valence-electron chi connectivity index (χ3n) is 3.46. The van der Waals surface area contributed by atoms with Crippen molar-refractivity contribution in [3.8, 4) is 0 Å². The maximum atomic E-state index is 12.4. The van der Waals surface area contributed by atoms with Crippen LogP contribution in [0.4, 0.5) is 5.82 Å². The van der Waals surface area contributed by atoms with Crippen molar-refractivity contribution in [1.82, 2.24) is 15.2 Å². The lowest BCUT2D eigenvalue weighted by molar-refractivity contribution is 0.0938. The Morgan fingerprint density at radius 1 is 1.33 bits per heavy atom. The largest absolute Gasteiger partial charge is 0.383 e. The Morgan fingerprint density at radius 2 is 2.00 bits per heavy atom. The smallest absolute Gasteiger partial charge is 0.253 e. The van der Waals surface area contributed by atoms with Crippen LogP contribution in [0, 0.1) is 0 Å². The quantitative estimate of drug-likeness (QED) is 0.880. The van der Waals surface area contributed by atoms with E-state index in [1.165, 1.54) is 0 Å². The summed E-state index contributed by atoms with van der Waals surface area (Å²) in [4.78, 5) is 18.6. The highest BCUT2D eigenvalue weighted by atomic mass is 16.1. The molecule has 1 amide bonds. The van der Waals surface area contributed by atoms with Crippen molar-refractivity contribution >= 4 is 22.5 Å². The summed E-state index contributed by atoms with van der Waals surface area (Å²) < 4.78 is 0. The molecular formula is C16H22N4O. The van der Waals surface area contributed by atoms with Gasteiger partial charge >= 0.3 is 0 Å². The van der Waals surface area contributed by atoms with Crippen molar-refractivity contribution in [3.05, 3.63) is 36.0 Å². The van der Waals surface area contributed by atoms with E-state index >= 15 is 0 Å². The minimum atomic E-state index is -0.107. The molecule has 21 heavy (non-hydrogen) atoms. The first-order valence-electron chi connectivity index (χ1n) is 7.08. The normalized spacial score (nSPS) is 12.6. The van der Waals surface area contributed by atoms with Gasteiger partial charge in [-0.15, -0.1) is 0 Å². The van der Waals surface area contributed by atoms with E-state index in [1.54, 1.807) is 6.20 Å². The second-order valence-electron chi connectivity index (χ2n) is 5.57. The molecule has 0 fully saturated rings. The number of nitrogens with one attached hydrogen (secondary N) is 1. The van der Waals surface area contributed by atoms with E-state index in [0.717, 1.165) is 23.7 Å². The molecule has 1 unspecified atom stereocenters. The molecule has 2 rings (SSSR count). The lowest BCUT2D eigenvalue weighted by Crippen LogP contribution is -2.35. The van der Waals surface area contributed by atoms with Gasteiger partial charge < -0.3 is 16.0 Å². The third-order valence-corrected chi connectivity index (χ3v) is 3.46. The standard InChI is InChI=1S/C16H22N4O/c1-11(8-9-20(2)3)19-16(21)14-10-18-15(17)13-7-5-4-6-12(13)14/h4-7,10-11H,8-9H2,1-3H3,(H2,17,18)(H,19,21). The van der Waals surface area contributed by atoms with Crippen LogP contribution >= 0.6 is 0 Å². The molecule has 1 heterocycles. The number of carbonyl (C=O) groups is 1. The summed E-state index contributed by atoms with van der Waals surface area (Å²) in [6.07, 6.45) is 2.45. The number of nitrogens with zero attached hydrogens (tertiary/aromatic N) is 2. The molecule has 0 aliphatic heterocycles. The first-order valence-corrected chi connectivity index (χ1v) is 7.08. The van der Waals surface area contributed by atoms with Crippen LogP contribution in [0.1, 0.15) is 23.7 Å². The van der Waals surface area contributed by atoms with Crippen molar-refractivity contribution < 1.29 is 4.79 Å². The number of nitrogen functional groups attached to an aromatic ring is 1. The molecule has 1 aromatic carbocycles. The number of aromatic nitrogens is 1. The van der Waals surface area contributed by atoms with Crippen molar-refractivity contribution in [3.63, 3.8) is 0 Å². The Hall–Kier alpha value is -2.14. The van der Waals surface area contributed by atoms with Gasteiger partial charge in [-0.05, 0) is 39.4 Å². The Kier molecular flexibility index (Phi) is 4.75. The number of nitrogens with two attached hydrogens (primary N) is 1. The molecular weight excluding hydrogens is 264 g/mol. The van der Waals surface area contributed by atoms with Gasteiger partial charge in [0, 0.05) is 17.6 Å². The maximum absolute atomic E-state index is 12.4. The molecule has 1 aromatic heterocycles. The number of amides is 1. The lowest BCUT2D eigenvalue weighted by Gasteiger charge is -2.17. The van der Waals surface area contributed by atoms with Gasteiger partial charge in [0.1, 0.15) is 5.82 Å². The van der Waals surface area contributed by atoms with E-state index in [9.17, 15) is 4.79 Å². The van der Waals surface area contributed by atoms with Gasteiger partial charge in [0.2, 0.25) is 0 Å². The number of anilines is 1. The minimum Gasteiger partial charge on any atom is -0.383 e. The fraction of sp³-hybridized carbons (Fsp3) is 0.375. The zero-order valence-electron chi connectivity index (χ0n) is 12.8. The summed E-state index contributed by atoms with van der Waals surface area (Å²) in [7, 11) is 4.04. The molecule has 5 heteroatoms. The SMILES string of the molecule is CC(CCN(C)C)NC(=O)c1cnc(N)c2ccccc12. The Morgan fingerprint density at radius 3 is 2.67 bits per heavy atom. The summed E-state index contributed by atoms with van der Waals surface area (Å²) in [5, 5.41) is 4.66. The number of rotatable bonds is 5. The van der Waals surface area contributed by atoms with Crippen LogP contribution < -0.4 is 11.1 Å². The van der Waals surface area contributed by atoms with Gasteiger partial charge in [-0.2, -0.15) is 0 Å². The highest BCUT2D eigenvalue weighted by molar-refractivity contribution is 6.09. The van der Waals surface area contributed by atoms with E-state index < -0.39 is 0 Å². The average Bonchev–Trinajstić information content (AvgIpc) is 2.45. The van der Waals surface area contributed by atoms with Crippen molar-refractivity contribution in [2.75, 3.05) is 26.4 Å². The second-order valence-corrected chi connectivity index (χ2v) is 5.57. The summed E-state index contributed by atoms with van der Waals surface area (Å²) in [6.45, 7) is 2.94. The predicted octanol–water partition coefficient (Wildman–Crippen LogP) is 1.89. The van der Waals surface area contributed by atoms with Gasteiger partial charge in [-0.1, -0.05) is 24.3 Å². The zero-order valence-corrected chi connectivity index (χ0v) is 12.8. The first-order chi connectivity index (χ1) is 9.99. The van der Waals surface area contributed by atoms with E-state index in [1.807, 2.05) is 45.3 Å². The number of carbonyl (C=O) groups excluding carboxylic acids is 1. The van der Waals surface area contributed by atoms with Crippen LogP contribution in [0.5, 0.6) is 0 Å². The van der Waals surface area contributed by atoms with E-state index in [-0.39, 0.29) is 11.9 Å². The molecule has 0 saturated carbocycles. The van der Waals surface area contributed by atoms with Gasteiger partial charge in [0.15, 0.2) is 0 Å². The number of fused-ring (bicyclic) bond motifs is 1. The van der Waals surface area contributed by atoms with Gasteiger partial charge in [0.05, 0.1) is 5.56 Å². The monoisotopic (exact) mass is 286 g/mol. The third kappa shape index (κ3) is 3.70. The molecule has 0 radical (unpaired) electrons. The van der Waals surface area contributed by atoms with E-state index in [4.69, 9.17) is 5.73 Å². The Labute approximate surface area is 125 Å². The van der Waals surface area contributed by atoms with Gasteiger partial charge in [0.25, 0.3) is 5.91 Å². The van der Waals surface area contributed by atoms with Crippen LogP contribution in [0.3, 0.4) is 0 Å². The summed E-state index contributed by atoms with van der Waals surface area (Å²) >= 11 is 0. The van der Waals surface area contributed by atoms with Crippen molar-refractivity contribution in [2.45, 2.75) is 19.4 Å². The van der Waals surface area contributed by atoms with Crippen LogP contribution in [0.2, 0.25) is 0 Å². The molecule has 5 nitrogen and oxygen atoms in total. The summed E-state index contributed by atoms with van der Waals surface area (Å²) in [5.74, 6) is 0.341. The van der Waals surface area contributed by atoms with Crippen LogP contribution in [-0.4, -0.2) is 42.5 Å². The number of hydrogen-bond donors (Lipinski definition) is 2. The van der Waals surface area contributed by atoms with E-state index in [0.29, 0.717) is 11.4 Å². The topological polar surface area (TPSA) is 71.2 Å². The van der Waals surface area contributed by atoms with E-state index in [2.05, 4.69) is 15.2 Å². The number of benzene rings is 1. The van der Waals surface area contributed by atoms with Gasteiger partial charge in [-0.3, -0.25) is 4.79 Å². The molecule has 1 atom stereocenters. The number of pyridine rings is 1. The fourth-order valence-corrected chi connectivity index (χ4v) is 2.22. The van der Waals surface area contributed by atoms with Crippen LogP contribution in [0.15, 0.2) is 30.5 Å². The molecule has 0 bridgehead atoms.